The van der Waals surface area contributed by atoms with Crippen molar-refractivity contribution in [1.82, 2.24) is 14.8 Å². The van der Waals surface area contributed by atoms with Crippen LogP contribution in [-0.4, -0.2) is 28.1 Å². The number of para-hydroxylation sites is 1. The van der Waals surface area contributed by atoms with Gasteiger partial charge in [0.1, 0.15) is 6.33 Å². The molecule has 0 aliphatic rings. The predicted octanol–water partition coefficient (Wildman–Crippen LogP) is 2.34. The van der Waals surface area contributed by atoms with Crippen LogP contribution in [0.2, 0.25) is 0 Å². The smallest absolute Gasteiger partial charge is 0.258 e. The number of nitro benzene ring substituents is 1. The molecular weight excluding hydrogens is 358 g/mol. The minimum atomic E-state index is -4.19. The van der Waals surface area contributed by atoms with E-state index in [4.69, 9.17) is 0 Å². The van der Waals surface area contributed by atoms with E-state index < -0.39 is 25.5 Å². The molecule has 9 nitrogen and oxygen atoms in total. The van der Waals surface area contributed by atoms with Crippen LogP contribution in [0.3, 0.4) is 0 Å². The average molecular weight is 373 g/mol. The summed E-state index contributed by atoms with van der Waals surface area (Å²) in [5.41, 5.74) is 1.58. The highest BCUT2D eigenvalue weighted by Gasteiger charge is 2.26. The fourth-order valence-corrected chi connectivity index (χ4v) is 3.51. The molecule has 3 aromatic rings. The Morgan fingerprint density at radius 1 is 1.15 bits per heavy atom. The van der Waals surface area contributed by atoms with E-state index in [0.29, 0.717) is 6.54 Å². The molecule has 10 heteroatoms. The third-order valence-electron chi connectivity index (χ3n) is 3.71. The van der Waals surface area contributed by atoms with Crippen molar-refractivity contribution in [3.05, 3.63) is 76.1 Å². The minimum absolute atomic E-state index is 0.156. The molecule has 0 amide bonds. The van der Waals surface area contributed by atoms with Crippen LogP contribution in [0.1, 0.15) is 11.1 Å². The van der Waals surface area contributed by atoms with E-state index in [-0.39, 0.29) is 5.95 Å². The summed E-state index contributed by atoms with van der Waals surface area (Å²) in [6.45, 7) is 2.39. The summed E-state index contributed by atoms with van der Waals surface area (Å²) < 4.78 is 28.5. The van der Waals surface area contributed by atoms with Crippen LogP contribution in [-0.2, 0) is 16.6 Å². The molecule has 0 bridgehead atoms. The highest BCUT2D eigenvalue weighted by molar-refractivity contribution is 7.92. The number of nitrogens with one attached hydrogen (secondary N) is 1. The second-order valence-corrected chi connectivity index (χ2v) is 7.17. The van der Waals surface area contributed by atoms with Crippen molar-refractivity contribution in [1.29, 1.82) is 0 Å². The standard InChI is InChI=1S/C16H15N5O4S/c1-12-6-2-3-7-13(12)10-20-11-17-16(18-20)19-26(24,25)15-9-5-4-8-14(15)21(22)23/h2-9,11H,10H2,1H3,(H,18,19). The Morgan fingerprint density at radius 2 is 1.85 bits per heavy atom. The first kappa shape index (κ1) is 17.5. The number of rotatable bonds is 6. The van der Waals surface area contributed by atoms with Gasteiger partial charge in [-0.3, -0.25) is 10.1 Å². The topological polar surface area (TPSA) is 120 Å². The average Bonchev–Trinajstić information content (AvgIpc) is 3.03. The lowest BCUT2D eigenvalue weighted by Crippen LogP contribution is -2.16. The van der Waals surface area contributed by atoms with Gasteiger partial charge < -0.3 is 0 Å². The maximum absolute atomic E-state index is 12.4. The Bertz CT molecular complexity index is 1060. The third kappa shape index (κ3) is 3.70. The van der Waals surface area contributed by atoms with E-state index in [1.807, 2.05) is 31.2 Å². The quantitative estimate of drug-likeness (QED) is 0.523. The molecule has 0 saturated carbocycles. The largest absolute Gasteiger partial charge is 0.289 e. The molecule has 0 spiro atoms. The minimum Gasteiger partial charge on any atom is -0.258 e. The van der Waals surface area contributed by atoms with Gasteiger partial charge >= 0.3 is 0 Å². The lowest BCUT2D eigenvalue weighted by molar-refractivity contribution is -0.387. The molecular formula is C16H15N5O4S. The maximum atomic E-state index is 12.4. The van der Waals surface area contributed by atoms with Crippen molar-refractivity contribution in [2.24, 2.45) is 0 Å². The Hall–Kier alpha value is -3.27. The Labute approximate surface area is 149 Å². The van der Waals surface area contributed by atoms with Crippen LogP contribution >= 0.6 is 0 Å². The van der Waals surface area contributed by atoms with E-state index in [1.54, 1.807) is 0 Å². The van der Waals surface area contributed by atoms with Crippen LogP contribution in [0.25, 0.3) is 0 Å². The zero-order valence-electron chi connectivity index (χ0n) is 13.7. The summed E-state index contributed by atoms with van der Waals surface area (Å²) in [6.07, 6.45) is 1.39. The Balaban J connectivity index is 1.83. The fraction of sp³-hybridized carbons (Fsp3) is 0.125. The van der Waals surface area contributed by atoms with Crippen molar-refractivity contribution >= 4 is 21.7 Å². The summed E-state index contributed by atoms with van der Waals surface area (Å²) >= 11 is 0. The van der Waals surface area contributed by atoms with E-state index in [2.05, 4.69) is 14.8 Å². The van der Waals surface area contributed by atoms with Gasteiger partial charge in [0.25, 0.3) is 21.7 Å². The van der Waals surface area contributed by atoms with Gasteiger partial charge in [0.15, 0.2) is 4.90 Å². The second-order valence-electron chi connectivity index (χ2n) is 5.52. The summed E-state index contributed by atoms with van der Waals surface area (Å²) in [4.78, 5) is 13.8. The van der Waals surface area contributed by atoms with E-state index in [9.17, 15) is 18.5 Å². The van der Waals surface area contributed by atoms with Crippen LogP contribution < -0.4 is 4.72 Å². The van der Waals surface area contributed by atoms with E-state index >= 15 is 0 Å². The number of hydrogen-bond donors (Lipinski definition) is 1. The molecule has 0 fully saturated rings. The van der Waals surface area contributed by atoms with Gasteiger partial charge in [-0.2, -0.15) is 4.98 Å². The van der Waals surface area contributed by atoms with Crippen molar-refractivity contribution in [3.8, 4) is 0 Å². The molecule has 0 unspecified atom stereocenters. The first-order valence-electron chi connectivity index (χ1n) is 7.57. The number of aromatic nitrogens is 3. The zero-order chi connectivity index (χ0) is 18.7. The van der Waals surface area contributed by atoms with Gasteiger partial charge in [-0.1, -0.05) is 36.4 Å². The lowest BCUT2D eigenvalue weighted by Gasteiger charge is -2.06. The van der Waals surface area contributed by atoms with Gasteiger partial charge in [0, 0.05) is 6.07 Å². The number of benzene rings is 2. The molecule has 1 aromatic heterocycles. The lowest BCUT2D eigenvalue weighted by atomic mass is 10.1. The van der Waals surface area contributed by atoms with Crippen LogP contribution in [0.4, 0.5) is 11.6 Å². The van der Waals surface area contributed by atoms with Gasteiger partial charge in [-0.05, 0) is 24.1 Å². The first-order valence-corrected chi connectivity index (χ1v) is 9.05. The third-order valence-corrected chi connectivity index (χ3v) is 5.08. The SMILES string of the molecule is Cc1ccccc1Cn1cnc(NS(=O)(=O)c2ccccc2[N+](=O)[O-])n1. The molecule has 2 aromatic carbocycles. The summed E-state index contributed by atoms with van der Waals surface area (Å²) in [5.74, 6) is -0.156. The Kier molecular flexibility index (Phi) is 4.67. The Morgan fingerprint density at radius 3 is 2.58 bits per heavy atom. The predicted molar refractivity (Wildman–Crippen MR) is 94.2 cm³/mol. The van der Waals surface area contributed by atoms with Crippen molar-refractivity contribution < 1.29 is 13.3 Å². The van der Waals surface area contributed by atoms with Crippen LogP contribution in [0.15, 0.2) is 59.8 Å². The molecule has 0 atom stereocenters. The van der Waals surface area contributed by atoms with Gasteiger partial charge in [0.2, 0.25) is 0 Å². The number of aryl methyl sites for hydroxylation is 1. The van der Waals surface area contributed by atoms with Gasteiger partial charge in [0.05, 0.1) is 11.5 Å². The number of hydrogen-bond acceptors (Lipinski definition) is 6. The second kappa shape index (κ2) is 6.92. The molecule has 1 heterocycles. The molecule has 134 valence electrons. The first-order chi connectivity index (χ1) is 12.4. The van der Waals surface area contributed by atoms with E-state index in [0.717, 1.165) is 23.3 Å². The van der Waals surface area contributed by atoms with Crippen LogP contribution in [0.5, 0.6) is 0 Å². The number of anilines is 1. The van der Waals surface area contributed by atoms with Gasteiger partial charge in [-0.25, -0.2) is 17.8 Å². The molecule has 3 rings (SSSR count). The number of nitro groups is 1. The fourth-order valence-electron chi connectivity index (χ4n) is 2.39. The monoisotopic (exact) mass is 373 g/mol. The normalized spacial score (nSPS) is 11.3. The summed E-state index contributed by atoms with van der Waals surface area (Å²) in [6, 6.07) is 12.8. The molecule has 0 saturated heterocycles. The summed E-state index contributed by atoms with van der Waals surface area (Å²) in [7, 11) is -4.19. The highest BCUT2D eigenvalue weighted by atomic mass is 32.2. The zero-order valence-corrected chi connectivity index (χ0v) is 14.5. The number of sulfonamides is 1. The van der Waals surface area contributed by atoms with E-state index in [1.165, 1.54) is 23.1 Å². The summed E-state index contributed by atoms with van der Waals surface area (Å²) in [5, 5.41) is 15.1. The van der Waals surface area contributed by atoms with Gasteiger partial charge in [-0.15, -0.1) is 5.10 Å². The van der Waals surface area contributed by atoms with Crippen molar-refractivity contribution in [3.63, 3.8) is 0 Å². The molecule has 26 heavy (non-hydrogen) atoms. The van der Waals surface area contributed by atoms with Crippen molar-refractivity contribution in [2.75, 3.05) is 4.72 Å². The highest BCUT2D eigenvalue weighted by Crippen LogP contribution is 2.24. The molecule has 1 N–H and O–H groups in total. The molecule has 0 aliphatic carbocycles. The van der Waals surface area contributed by atoms with Crippen molar-refractivity contribution in [2.45, 2.75) is 18.4 Å². The number of nitrogens with zero attached hydrogens (tertiary/aromatic N) is 4. The molecule has 0 aliphatic heterocycles. The maximum Gasteiger partial charge on any atom is 0.289 e. The molecule has 0 radical (unpaired) electrons. The van der Waals surface area contributed by atoms with Crippen LogP contribution in [0, 0.1) is 17.0 Å².